The van der Waals surface area contributed by atoms with Crippen LogP contribution in [0.4, 0.5) is 4.79 Å². The van der Waals surface area contributed by atoms with Crippen molar-refractivity contribution >= 4 is 12.0 Å². The first kappa shape index (κ1) is 17.8. The second-order valence-corrected chi connectivity index (χ2v) is 6.58. The minimum atomic E-state index is -0.734. The second kappa shape index (κ2) is 7.64. The van der Waals surface area contributed by atoms with Gasteiger partial charge in [0, 0.05) is 19.2 Å². The van der Waals surface area contributed by atoms with Crippen molar-refractivity contribution in [3.63, 3.8) is 0 Å². The number of esters is 1. The van der Waals surface area contributed by atoms with E-state index in [4.69, 9.17) is 9.47 Å². The van der Waals surface area contributed by atoms with Crippen LogP contribution in [0.1, 0.15) is 40.5 Å². The number of carbonyl (C=O) groups is 2. The Hall–Kier alpha value is -1.30. The third-order valence-corrected chi connectivity index (χ3v) is 3.82. The highest BCUT2D eigenvalue weighted by atomic mass is 16.5. The van der Waals surface area contributed by atoms with E-state index in [-0.39, 0.29) is 30.7 Å². The van der Waals surface area contributed by atoms with Gasteiger partial charge in [0.15, 0.2) is 0 Å². The molecule has 2 atom stereocenters. The summed E-state index contributed by atoms with van der Waals surface area (Å²) >= 11 is 0. The molecule has 1 aliphatic rings. The lowest BCUT2D eigenvalue weighted by atomic mass is 9.94. The lowest BCUT2D eigenvalue weighted by Gasteiger charge is -2.32. The van der Waals surface area contributed by atoms with Gasteiger partial charge in [-0.1, -0.05) is 13.8 Å². The van der Waals surface area contributed by atoms with Gasteiger partial charge >= 0.3 is 12.0 Å². The minimum Gasteiger partial charge on any atom is -0.469 e. The van der Waals surface area contributed by atoms with Crippen molar-refractivity contribution < 1.29 is 19.1 Å². The summed E-state index contributed by atoms with van der Waals surface area (Å²) in [6.07, 6.45) is 1.83. The van der Waals surface area contributed by atoms with Gasteiger partial charge < -0.3 is 20.1 Å². The number of methoxy groups -OCH3 is 1. The van der Waals surface area contributed by atoms with E-state index in [1.165, 1.54) is 7.11 Å². The van der Waals surface area contributed by atoms with Crippen molar-refractivity contribution in [2.24, 2.45) is 11.3 Å². The molecule has 6 heteroatoms. The van der Waals surface area contributed by atoms with Gasteiger partial charge in [-0.15, -0.1) is 0 Å². The Kier molecular flexibility index (Phi) is 6.45. The summed E-state index contributed by atoms with van der Waals surface area (Å²) in [6, 6.07) is -0.131. The number of urea groups is 1. The highest BCUT2D eigenvalue weighted by molar-refractivity contribution is 5.78. The number of hydrogen-bond acceptors (Lipinski definition) is 4. The van der Waals surface area contributed by atoms with Crippen molar-refractivity contribution in [1.82, 2.24) is 10.6 Å². The standard InChI is InChI=1S/C15H28N2O4/c1-10(2)12-8-11(6-7-21-12)17-14(19)16-9-15(3,4)13(18)20-5/h10-12H,6-9H2,1-5H3,(H2,16,17,19)/t11-,12+/m1/s1. The summed E-state index contributed by atoms with van der Waals surface area (Å²) in [4.78, 5) is 23.5. The molecule has 1 saturated heterocycles. The quantitative estimate of drug-likeness (QED) is 0.758. The van der Waals surface area contributed by atoms with Crippen molar-refractivity contribution in [1.29, 1.82) is 0 Å². The maximum Gasteiger partial charge on any atom is 0.315 e. The Morgan fingerprint density at radius 1 is 1.38 bits per heavy atom. The van der Waals surface area contributed by atoms with Crippen molar-refractivity contribution in [3.05, 3.63) is 0 Å². The van der Waals surface area contributed by atoms with Gasteiger partial charge in [0.05, 0.1) is 18.6 Å². The molecule has 2 N–H and O–H groups in total. The van der Waals surface area contributed by atoms with Crippen LogP contribution < -0.4 is 10.6 Å². The van der Waals surface area contributed by atoms with Crippen LogP contribution in [0.25, 0.3) is 0 Å². The first-order valence-corrected chi connectivity index (χ1v) is 7.50. The molecule has 0 bridgehead atoms. The number of nitrogens with one attached hydrogen (secondary N) is 2. The molecular formula is C15H28N2O4. The van der Waals surface area contributed by atoms with Crippen LogP contribution in [0.5, 0.6) is 0 Å². The Morgan fingerprint density at radius 3 is 2.62 bits per heavy atom. The molecule has 1 fully saturated rings. The van der Waals surface area contributed by atoms with E-state index in [1.807, 2.05) is 0 Å². The van der Waals surface area contributed by atoms with Crippen LogP contribution in [0.3, 0.4) is 0 Å². The minimum absolute atomic E-state index is 0.118. The molecule has 6 nitrogen and oxygen atoms in total. The van der Waals surface area contributed by atoms with Crippen molar-refractivity contribution in [2.45, 2.75) is 52.7 Å². The molecule has 1 heterocycles. The van der Waals surface area contributed by atoms with Gasteiger partial charge in [0.1, 0.15) is 0 Å². The first-order chi connectivity index (χ1) is 9.76. The zero-order valence-electron chi connectivity index (χ0n) is 13.7. The average Bonchev–Trinajstić information content (AvgIpc) is 2.44. The monoisotopic (exact) mass is 300 g/mol. The predicted molar refractivity (Wildman–Crippen MR) is 79.9 cm³/mol. The van der Waals surface area contributed by atoms with Gasteiger partial charge in [-0.2, -0.15) is 0 Å². The first-order valence-electron chi connectivity index (χ1n) is 7.50. The highest BCUT2D eigenvalue weighted by Gasteiger charge is 2.30. The van der Waals surface area contributed by atoms with E-state index in [9.17, 15) is 9.59 Å². The van der Waals surface area contributed by atoms with Crippen LogP contribution in [-0.2, 0) is 14.3 Å². The Morgan fingerprint density at radius 2 is 2.05 bits per heavy atom. The molecule has 0 radical (unpaired) electrons. The molecule has 1 aliphatic heterocycles. The maximum atomic E-state index is 11.9. The third kappa shape index (κ3) is 5.53. The molecule has 0 aliphatic carbocycles. The van der Waals surface area contributed by atoms with E-state index >= 15 is 0 Å². The maximum absolute atomic E-state index is 11.9. The largest absolute Gasteiger partial charge is 0.469 e. The van der Waals surface area contributed by atoms with Gasteiger partial charge in [0.2, 0.25) is 0 Å². The van der Waals surface area contributed by atoms with E-state index < -0.39 is 5.41 Å². The number of amides is 2. The summed E-state index contributed by atoms with van der Waals surface area (Å²) in [5.74, 6) is 0.102. The van der Waals surface area contributed by atoms with Gasteiger partial charge in [-0.25, -0.2) is 4.79 Å². The SMILES string of the molecule is COC(=O)C(C)(C)CNC(=O)N[C@@H]1CCO[C@H](C(C)C)C1. The van der Waals surface area contributed by atoms with E-state index in [0.29, 0.717) is 12.5 Å². The molecule has 0 aromatic heterocycles. The van der Waals surface area contributed by atoms with Crippen LogP contribution in [0, 0.1) is 11.3 Å². The van der Waals surface area contributed by atoms with E-state index in [1.54, 1.807) is 13.8 Å². The smallest absolute Gasteiger partial charge is 0.315 e. The number of hydrogen-bond donors (Lipinski definition) is 2. The van der Waals surface area contributed by atoms with Crippen LogP contribution in [-0.4, -0.2) is 44.4 Å². The van der Waals surface area contributed by atoms with Gasteiger partial charge in [-0.3, -0.25) is 4.79 Å². The van der Waals surface area contributed by atoms with Crippen LogP contribution in [0.15, 0.2) is 0 Å². The molecule has 0 aromatic carbocycles. The molecule has 0 unspecified atom stereocenters. The lowest BCUT2D eigenvalue weighted by molar-refractivity contribution is -0.150. The molecular weight excluding hydrogens is 272 g/mol. The summed E-state index contributed by atoms with van der Waals surface area (Å²) in [5.41, 5.74) is -0.734. The van der Waals surface area contributed by atoms with Gasteiger partial charge in [0.25, 0.3) is 0 Å². The molecule has 122 valence electrons. The molecule has 0 saturated carbocycles. The number of rotatable bonds is 5. The fourth-order valence-electron chi connectivity index (χ4n) is 2.31. The Bertz CT molecular complexity index is 369. The van der Waals surface area contributed by atoms with E-state index in [0.717, 1.165) is 12.8 Å². The third-order valence-electron chi connectivity index (χ3n) is 3.82. The second-order valence-electron chi connectivity index (χ2n) is 6.58. The molecule has 0 spiro atoms. The topological polar surface area (TPSA) is 76.7 Å². The summed E-state index contributed by atoms with van der Waals surface area (Å²) in [5, 5.41) is 5.69. The van der Waals surface area contributed by atoms with Crippen LogP contribution >= 0.6 is 0 Å². The zero-order chi connectivity index (χ0) is 16.0. The highest BCUT2D eigenvalue weighted by Crippen LogP contribution is 2.20. The normalized spacial score (nSPS) is 22.8. The lowest BCUT2D eigenvalue weighted by Crippen LogP contribution is -2.49. The number of ether oxygens (including phenoxy) is 2. The molecule has 2 amide bonds. The van der Waals surface area contributed by atoms with Crippen molar-refractivity contribution in [2.75, 3.05) is 20.3 Å². The fraction of sp³-hybridized carbons (Fsp3) is 0.867. The van der Waals surface area contributed by atoms with Crippen molar-refractivity contribution in [3.8, 4) is 0 Å². The van der Waals surface area contributed by atoms with E-state index in [2.05, 4.69) is 24.5 Å². The zero-order valence-corrected chi connectivity index (χ0v) is 13.7. The summed E-state index contributed by atoms with van der Waals surface area (Å²) < 4.78 is 10.4. The van der Waals surface area contributed by atoms with Crippen LogP contribution in [0.2, 0.25) is 0 Å². The molecule has 0 aromatic rings. The number of carbonyl (C=O) groups excluding carboxylic acids is 2. The predicted octanol–water partition coefficient (Wildman–Crippen LogP) is 1.69. The Balaban J connectivity index is 2.38. The Labute approximate surface area is 126 Å². The summed E-state index contributed by atoms with van der Waals surface area (Å²) in [6.45, 7) is 8.62. The average molecular weight is 300 g/mol. The summed E-state index contributed by atoms with van der Waals surface area (Å²) in [7, 11) is 1.35. The molecule has 21 heavy (non-hydrogen) atoms. The van der Waals surface area contributed by atoms with Gasteiger partial charge in [-0.05, 0) is 32.6 Å². The molecule has 1 rings (SSSR count). The fourth-order valence-corrected chi connectivity index (χ4v) is 2.31.